The zero-order valence-corrected chi connectivity index (χ0v) is 15.8. The maximum Gasteiger partial charge on any atom is 0.329 e. The van der Waals surface area contributed by atoms with Crippen LogP contribution in [0.5, 0.6) is 11.5 Å². The van der Waals surface area contributed by atoms with Crippen LogP contribution in [0.2, 0.25) is 0 Å². The number of para-hydroxylation sites is 1. The summed E-state index contributed by atoms with van der Waals surface area (Å²) in [6.07, 6.45) is 1.61. The van der Waals surface area contributed by atoms with Gasteiger partial charge in [0, 0.05) is 5.56 Å². The molecule has 29 heavy (non-hydrogen) atoms. The van der Waals surface area contributed by atoms with Gasteiger partial charge in [0.25, 0.3) is 0 Å². The van der Waals surface area contributed by atoms with Crippen LogP contribution in [0.25, 0.3) is 11.1 Å². The molecule has 0 amide bonds. The van der Waals surface area contributed by atoms with Crippen molar-refractivity contribution < 1.29 is 23.8 Å². The first kappa shape index (κ1) is 19.2. The van der Waals surface area contributed by atoms with Crippen molar-refractivity contribution in [3.8, 4) is 22.6 Å². The van der Waals surface area contributed by atoms with Gasteiger partial charge in [-0.1, -0.05) is 42.5 Å². The molecule has 1 aliphatic rings. The fourth-order valence-electron chi connectivity index (χ4n) is 3.51. The fraction of sp³-hybridized carbons (Fsp3) is 0.208. The highest BCUT2D eigenvalue weighted by atomic mass is 19.1. The number of carbonyl (C=O) groups is 1. The lowest BCUT2D eigenvalue weighted by Crippen LogP contribution is -2.31. The molecule has 0 aliphatic heterocycles. The van der Waals surface area contributed by atoms with Crippen molar-refractivity contribution in [3.05, 3.63) is 84.2 Å². The van der Waals surface area contributed by atoms with Gasteiger partial charge < -0.3 is 14.6 Å². The van der Waals surface area contributed by atoms with Crippen LogP contribution in [0.15, 0.2) is 72.8 Å². The van der Waals surface area contributed by atoms with Crippen molar-refractivity contribution in [2.45, 2.75) is 24.9 Å². The van der Waals surface area contributed by atoms with Gasteiger partial charge in [-0.25, -0.2) is 9.18 Å². The van der Waals surface area contributed by atoms with Crippen LogP contribution in [0.1, 0.15) is 24.3 Å². The monoisotopic (exact) mass is 392 g/mol. The molecule has 0 atom stereocenters. The molecule has 3 aromatic carbocycles. The minimum absolute atomic E-state index is 0.0000350. The van der Waals surface area contributed by atoms with E-state index in [2.05, 4.69) is 0 Å². The normalized spacial score (nSPS) is 18.1. The maximum absolute atomic E-state index is 14.4. The Morgan fingerprint density at radius 3 is 2.38 bits per heavy atom. The molecule has 0 radical (unpaired) electrons. The molecular weight excluding hydrogens is 371 g/mol. The van der Waals surface area contributed by atoms with E-state index in [4.69, 9.17) is 14.6 Å². The van der Waals surface area contributed by atoms with Crippen LogP contribution in [0.4, 0.5) is 4.39 Å². The van der Waals surface area contributed by atoms with Gasteiger partial charge in [-0.15, -0.1) is 0 Å². The number of halogens is 1. The molecule has 1 saturated carbocycles. The molecule has 0 saturated heterocycles. The first-order valence-electron chi connectivity index (χ1n) is 9.54. The average Bonchev–Trinajstić information content (AvgIpc) is 2.69. The number of carboxylic acids is 1. The quantitative estimate of drug-likeness (QED) is 0.566. The lowest BCUT2D eigenvalue weighted by atomic mass is 9.77. The van der Waals surface area contributed by atoms with E-state index in [1.807, 2.05) is 54.6 Å². The Morgan fingerprint density at radius 2 is 1.69 bits per heavy atom. The van der Waals surface area contributed by atoms with Gasteiger partial charge in [-0.05, 0) is 60.2 Å². The van der Waals surface area contributed by atoms with Crippen LogP contribution < -0.4 is 4.74 Å². The standard InChI is InChI=1S/C24H21FO4/c25-23-11-10-20(29-19-4-2-1-3-5-19)14-22(23)17-8-6-16(7-9-17)18-12-21(13-18)28-15-24(26)27/h1-11,14,18,21H,12-13,15H2,(H,26,27)/t18-,21+. The molecule has 0 bridgehead atoms. The summed E-state index contributed by atoms with van der Waals surface area (Å²) in [6, 6.07) is 21.9. The second-order valence-electron chi connectivity index (χ2n) is 7.17. The highest BCUT2D eigenvalue weighted by Gasteiger charge is 2.31. The number of rotatable bonds is 7. The third-order valence-electron chi connectivity index (χ3n) is 5.15. The molecule has 4 rings (SSSR count). The molecule has 1 N–H and O–H groups in total. The molecule has 4 nitrogen and oxygen atoms in total. The summed E-state index contributed by atoms with van der Waals surface area (Å²) in [6.45, 7) is -0.253. The van der Waals surface area contributed by atoms with Crippen molar-refractivity contribution in [1.82, 2.24) is 0 Å². The maximum atomic E-state index is 14.4. The first-order chi connectivity index (χ1) is 14.1. The zero-order valence-electron chi connectivity index (χ0n) is 15.8. The van der Waals surface area contributed by atoms with E-state index in [9.17, 15) is 9.18 Å². The van der Waals surface area contributed by atoms with E-state index >= 15 is 0 Å². The molecule has 3 aromatic rings. The molecule has 0 unspecified atom stereocenters. The topological polar surface area (TPSA) is 55.8 Å². The number of aliphatic carboxylic acids is 1. The van der Waals surface area contributed by atoms with Crippen molar-refractivity contribution in [2.75, 3.05) is 6.61 Å². The zero-order chi connectivity index (χ0) is 20.2. The Bertz CT molecular complexity index is 980. The third kappa shape index (κ3) is 4.63. The number of hydrogen-bond donors (Lipinski definition) is 1. The van der Waals surface area contributed by atoms with Crippen molar-refractivity contribution in [3.63, 3.8) is 0 Å². The van der Waals surface area contributed by atoms with Crippen LogP contribution in [-0.2, 0) is 9.53 Å². The minimum atomic E-state index is -0.946. The number of carboxylic acid groups (broad SMARTS) is 1. The molecule has 0 spiro atoms. The van der Waals surface area contributed by atoms with Crippen molar-refractivity contribution in [1.29, 1.82) is 0 Å². The summed E-state index contributed by atoms with van der Waals surface area (Å²) in [4.78, 5) is 10.6. The third-order valence-corrected chi connectivity index (χ3v) is 5.15. The summed E-state index contributed by atoms with van der Waals surface area (Å²) in [5.41, 5.74) is 2.42. The van der Waals surface area contributed by atoms with E-state index < -0.39 is 5.97 Å². The van der Waals surface area contributed by atoms with Crippen LogP contribution in [0.3, 0.4) is 0 Å². The second kappa shape index (κ2) is 8.45. The van der Waals surface area contributed by atoms with E-state index in [0.717, 1.165) is 24.0 Å². The molecule has 148 valence electrons. The van der Waals surface area contributed by atoms with Gasteiger partial charge in [0.15, 0.2) is 0 Å². The van der Waals surface area contributed by atoms with Crippen LogP contribution >= 0.6 is 0 Å². The lowest BCUT2D eigenvalue weighted by Gasteiger charge is -2.35. The summed E-state index contributed by atoms with van der Waals surface area (Å²) in [5, 5.41) is 8.66. The number of hydrogen-bond acceptors (Lipinski definition) is 3. The highest BCUT2D eigenvalue weighted by Crippen LogP contribution is 2.39. The molecule has 5 heteroatoms. The molecular formula is C24H21FO4. The summed E-state index contributed by atoms with van der Waals surface area (Å²) < 4.78 is 25.5. The van der Waals surface area contributed by atoms with Gasteiger partial charge >= 0.3 is 5.97 Å². The van der Waals surface area contributed by atoms with Gasteiger partial charge in [0.05, 0.1) is 6.10 Å². The Hall–Kier alpha value is -3.18. The minimum Gasteiger partial charge on any atom is -0.480 e. The van der Waals surface area contributed by atoms with Crippen molar-refractivity contribution >= 4 is 5.97 Å². The second-order valence-corrected chi connectivity index (χ2v) is 7.17. The molecule has 0 heterocycles. The van der Waals surface area contributed by atoms with E-state index in [0.29, 0.717) is 23.0 Å². The summed E-state index contributed by atoms with van der Waals surface area (Å²) in [5.74, 6) is 0.377. The van der Waals surface area contributed by atoms with Crippen LogP contribution in [-0.4, -0.2) is 23.8 Å². The lowest BCUT2D eigenvalue weighted by molar-refractivity contribution is -0.146. The Kier molecular flexibility index (Phi) is 5.58. The molecule has 0 aromatic heterocycles. The number of ether oxygens (including phenoxy) is 2. The van der Waals surface area contributed by atoms with Crippen molar-refractivity contribution in [2.24, 2.45) is 0 Å². The largest absolute Gasteiger partial charge is 0.480 e. The highest BCUT2D eigenvalue weighted by molar-refractivity contribution is 5.68. The Labute approximate surface area is 168 Å². The Morgan fingerprint density at radius 1 is 0.966 bits per heavy atom. The van der Waals surface area contributed by atoms with Gasteiger partial charge in [-0.3, -0.25) is 0 Å². The molecule has 1 aliphatic carbocycles. The fourth-order valence-corrected chi connectivity index (χ4v) is 3.51. The van der Waals surface area contributed by atoms with E-state index in [-0.39, 0.29) is 18.5 Å². The van der Waals surface area contributed by atoms with Gasteiger partial charge in [-0.2, -0.15) is 0 Å². The first-order valence-corrected chi connectivity index (χ1v) is 9.54. The predicted octanol–water partition coefficient (Wildman–Crippen LogP) is 5.63. The Balaban J connectivity index is 1.44. The van der Waals surface area contributed by atoms with Gasteiger partial charge in [0.1, 0.15) is 23.9 Å². The van der Waals surface area contributed by atoms with E-state index in [1.165, 1.54) is 6.07 Å². The summed E-state index contributed by atoms with van der Waals surface area (Å²) >= 11 is 0. The van der Waals surface area contributed by atoms with E-state index in [1.54, 1.807) is 12.1 Å². The predicted molar refractivity (Wildman–Crippen MR) is 108 cm³/mol. The van der Waals surface area contributed by atoms with Gasteiger partial charge in [0.2, 0.25) is 0 Å². The number of benzene rings is 3. The summed E-state index contributed by atoms with van der Waals surface area (Å²) in [7, 11) is 0. The average molecular weight is 392 g/mol. The SMILES string of the molecule is O=C(O)CO[C@H]1C[C@@H](c2ccc(-c3cc(Oc4ccccc4)ccc3F)cc2)C1. The van der Waals surface area contributed by atoms with Crippen LogP contribution in [0, 0.1) is 5.82 Å². The smallest absolute Gasteiger partial charge is 0.329 e. The molecule has 1 fully saturated rings.